The standard InChI is InChI=1S/C41H55N3O6.BrH/c45-30-43-37-26-33(15-18-38(37)46)39(47)27-42-21-6-8-31-13-16-36(17-14-31)49-25-7-22-44-23-19-32(20-24-44)40(28-44)50-29-41(48,35-11-4-5-12-35)34-9-2-1-3-10-34;/h1-3,9-10,13-18,26,30,32,35,39-40,42,47-48H,4-8,11-12,19-25,27-29H2,(H-,43,45,46);1H/t32?,39-,40-,41+,44?;/m0./s1. The molecular weight excluding hydrogens is 710 g/mol. The molecule has 5 N–H and O–H groups in total. The lowest BCUT2D eigenvalue weighted by atomic mass is 9.80. The highest BCUT2D eigenvalue weighted by Crippen LogP contribution is 2.42. The van der Waals surface area contributed by atoms with E-state index in [2.05, 4.69) is 47.0 Å². The maximum absolute atomic E-state index is 12.0. The van der Waals surface area contributed by atoms with Gasteiger partial charge in [-0.3, -0.25) is 4.79 Å². The lowest BCUT2D eigenvalue weighted by molar-refractivity contribution is -0.946. The summed E-state index contributed by atoms with van der Waals surface area (Å²) < 4.78 is 14.0. The van der Waals surface area contributed by atoms with Gasteiger partial charge in [0.25, 0.3) is 0 Å². The molecule has 1 aliphatic carbocycles. The van der Waals surface area contributed by atoms with Crippen molar-refractivity contribution in [3.8, 4) is 11.5 Å². The molecule has 2 bridgehead atoms. The van der Waals surface area contributed by atoms with Crippen molar-refractivity contribution < 1.29 is 51.1 Å². The number of fused-ring (bicyclic) bond motifs is 3. The highest BCUT2D eigenvalue weighted by molar-refractivity contribution is 5.75. The second-order valence-electron chi connectivity index (χ2n) is 14.9. The first-order chi connectivity index (χ1) is 24.4. The van der Waals surface area contributed by atoms with Crippen molar-refractivity contribution in [3.63, 3.8) is 0 Å². The third kappa shape index (κ3) is 10.1. The van der Waals surface area contributed by atoms with Crippen molar-refractivity contribution in [3.05, 3.63) is 89.5 Å². The van der Waals surface area contributed by atoms with E-state index >= 15 is 0 Å². The maximum atomic E-state index is 12.0. The van der Waals surface area contributed by atoms with E-state index in [9.17, 15) is 20.1 Å². The van der Waals surface area contributed by atoms with Crippen molar-refractivity contribution in [2.24, 2.45) is 11.8 Å². The molecule has 278 valence electrons. The summed E-state index contributed by atoms with van der Waals surface area (Å²) in [6.07, 6.45) is 9.76. The van der Waals surface area contributed by atoms with Gasteiger partial charge in [-0.25, -0.2) is 0 Å². The Morgan fingerprint density at radius 3 is 2.43 bits per heavy atom. The van der Waals surface area contributed by atoms with Crippen LogP contribution in [-0.4, -0.2) is 84.8 Å². The molecule has 0 unspecified atom stereocenters. The fourth-order valence-electron chi connectivity index (χ4n) is 8.58. The normalized spacial score (nSPS) is 23.3. The summed E-state index contributed by atoms with van der Waals surface area (Å²) in [7, 11) is 0. The van der Waals surface area contributed by atoms with Crippen LogP contribution in [0.4, 0.5) is 5.69 Å². The van der Waals surface area contributed by atoms with E-state index in [1.54, 1.807) is 12.1 Å². The van der Waals surface area contributed by atoms with Gasteiger partial charge in [0.15, 0.2) is 0 Å². The van der Waals surface area contributed by atoms with Gasteiger partial charge in [0, 0.05) is 31.7 Å². The zero-order valence-electron chi connectivity index (χ0n) is 29.7. The fraction of sp³-hybridized carbons (Fsp3) is 0.537. The molecule has 1 amide bonds. The number of carbonyl (C=O) groups excluding carboxylic acids is 1. The minimum atomic E-state index is -0.906. The highest BCUT2D eigenvalue weighted by atomic mass is 79.9. The van der Waals surface area contributed by atoms with Crippen molar-refractivity contribution in [1.82, 2.24) is 5.32 Å². The first-order valence-corrected chi connectivity index (χ1v) is 18.8. The molecule has 3 heterocycles. The minimum Gasteiger partial charge on any atom is -1.00 e. The number of hydrogen-bond acceptors (Lipinski definition) is 7. The number of aliphatic hydroxyl groups is 2. The molecule has 7 rings (SSSR count). The molecule has 10 heteroatoms. The number of rotatable bonds is 19. The number of aromatic hydroxyl groups is 1. The predicted molar refractivity (Wildman–Crippen MR) is 195 cm³/mol. The number of amides is 1. The Morgan fingerprint density at radius 1 is 0.961 bits per heavy atom. The number of carbonyl (C=O) groups is 1. The van der Waals surface area contributed by atoms with Crippen LogP contribution in [0.25, 0.3) is 0 Å². The Hall–Kier alpha value is -2.99. The summed E-state index contributed by atoms with van der Waals surface area (Å²) in [5.74, 6) is 1.73. The number of halogens is 1. The van der Waals surface area contributed by atoms with E-state index in [0.29, 0.717) is 37.6 Å². The van der Waals surface area contributed by atoms with Gasteiger partial charge in [-0.2, -0.15) is 0 Å². The summed E-state index contributed by atoms with van der Waals surface area (Å²) in [6.45, 7) is 6.80. The molecule has 0 spiro atoms. The van der Waals surface area contributed by atoms with Gasteiger partial charge in [0.2, 0.25) is 6.41 Å². The van der Waals surface area contributed by atoms with Crippen LogP contribution in [0.5, 0.6) is 11.5 Å². The number of quaternary nitrogens is 1. The number of benzene rings is 3. The average Bonchev–Trinajstić information content (AvgIpc) is 3.71. The number of phenolic OH excluding ortho intramolecular Hbond substituents is 1. The van der Waals surface area contributed by atoms with E-state index in [0.717, 1.165) is 67.5 Å². The third-order valence-electron chi connectivity index (χ3n) is 11.6. The number of hydrogen-bond donors (Lipinski definition) is 5. The molecule has 3 aromatic carbocycles. The second kappa shape index (κ2) is 18.7. The summed E-state index contributed by atoms with van der Waals surface area (Å²) >= 11 is 0. The fourth-order valence-corrected chi connectivity index (χ4v) is 8.58. The van der Waals surface area contributed by atoms with Crippen LogP contribution >= 0.6 is 0 Å². The number of ether oxygens (including phenoxy) is 2. The van der Waals surface area contributed by atoms with Crippen LogP contribution < -0.4 is 32.4 Å². The van der Waals surface area contributed by atoms with Crippen LogP contribution in [0, 0.1) is 11.8 Å². The van der Waals surface area contributed by atoms with E-state index in [1.807, 2.05) is 18.2 Å². The first kappa shape index (κ1) is 39.2. The molecule has 4 aliphatic rings. The maximum Gasteiger partial charge on any atom is 0.211 e. The van der Waals surface area contributed by atoms with Crippen molar-refractivity contribution >= 4 is 12.1 Å². The number of aryl methyl sites for hydroxylation is 1. The topological polar surface area (TPSA) is 120 Å². The van der Waals surface area contributed by atoms with Crippen molar-refractivity contribution in [1.29, 1.82) is 0 Å². The van der Waals surface area contributed by atoms with Crippen molar-refractivity contribution in [2.75, 3.05) is 57.8 Å². The third-order valence-corrected chi connectivity index (χ3v) is 11.6. The van der Waals surface area contributed by atoms with Gasteiger partial charge in [-0.05, 0) is 79.1 Å². The van der Waals surface area contributed by atoms with E-state index in [1.165, 1.54) is 50.4 Å². The van der Waals surface area contributed by atoms with E-state index in [-0.39, 0.29) is 40.4 Å². The van der Waals surface area contributed by atoms with Gasteiger partial charge in [-0.1, -0.05) is 61.4 Å². The van der Waals surface area contributed by atoms with Crippen LogP contribution in [0.2, 0.25) is 0 Å². The first-order valence-electron chi connectivity index (χ1n) is 18.8. The van der Waals surface area contributed by atoms with Gasteiger partial charge < -0.3 is 56.9 Å². The Balaban J connectivity index is 0.00000504. The SMILES string of the molecule is O=CNc1cc([C@@H](O)CNCCCc2ccc(OCCC[N+]34CCC(CC3)[C@@H](OC[C@@](O)(c3ccccc3)C3CCCC3)C4)cc2)ccc1O.[Br-]. The Labute approximate surface area is 313 Å². The van der Waals surface area contributed by atoms with Gasteiger partial charge in [0.1, 0.15) is 29.7 Å². The van der Waals surface area contributed by atoms with Crippen LogP contribution in [0.1, 0.15) is 74.2 Å². The summed E-state index contributed by atoms with van der Waals surface area (Å²) in [5.41, 5.74) is 2.25. The number of aliphatic hydroxyl groups excluding tert-OH is 1. The summed E-state index contributed by atoms with van der Waals surface area (Å²) in [6, 6.07) is 23.3. The summed E-state index contributed by atoms with van der Waals surface area (Å²) in [5, 5.41) is 38.0. The monoisotopic (exact) mass is 765 g/mol. The number of phenols is 1. The van der Waals surface area contributed by atoms with Crippen molar-refractivity contribution in [2.45, 2.75) is 75.6 Å². The minimum absolute atomic E-state index is 0. The molecule has 4 fully saturated rings. The molecule has 0 radical (unpaired) electrons. The quantitative estimate of drug-likeness (QED) is 0.0552. The molecule has 3 aliphatic heterocycles. The number of piperidine rings is 3. The van der Waals surface area contributed by atoms with E-state index < -0.39 is 11.7 Å². The van der Waals surface area contributed by atoms with Crippen LogP contribution in [0.15, 0.2) is 72.8 Å². The Morgan fingerprint density at radius 2 is 1.71 bits per heavy atom. The van der Waals surface area contributed by atoms with Gasteiger partial charge in [-0.15, -0.1) is 0 Å². The lowest BCUT2D eigenvalue weighted by Crippen LogP contribution is -3.00. The van der Waals surface area contributed by atoms with Gasteiger partial charge >= 0.3 is 0 Å². The lowest BCUT2D eigenvalue weighted by Gasteiger charge is -2.53. The van der Waals surface area contributed by atoms with Gasteiger partial charge in [0.05, 0.1) is 44.6 Å². The molecule has 3 aromatic rings. The molecule has 9 nitrogen and oxygen atoms in total. The number of nitrogens with one attached hydrogen (secondary N) is 2. The molecule has 0 aromatic heterocycles. The molecule has 1 saturated carbocycles. The van der Waals surface area contributed by atoms with Crippen LogP contribution in [-0.2, 0) is 21.6 Å². The zero-order chi connectivity index (χ0) is 34.8. The molecule has 51 heavy (non-hydrogen) atoms. The van der Waals surface area contributed by atoms with Crippen LogP contribution in [0.3, 0.4) is 0 Å². The molecular formula is C41H56BrN3O6. The Bertz CT molecular complexity index is 1500. The zero-order valence-corrected chi connectivity index (χ0v) is 31.3. The average molecular weight is 767 g/mol. The molecule has 3 saturated heterocycles. The Kier molecular flexibility index (Phi) is 14.4. The number of nitrogens with zero attached hydrogens (tertiary/aromatic N) is 1. The largest absolute Gasteiger partial charge is 1.00 e. The predicted octanol–water partition coefficient (Wildman–Crippen LogP) is 2.69. The summed E-state index contributed by atoms with van der Waals surface area (Å²) in [4.78, 5) is 10.7. The highest BCUT2D eigenvalue weighted by Gasteiger charge is 2.48. The van der Waals surface area contributed by atoms with E-state index in [4.69, 9.17) is 9.47 Å². The number of anilines is 1. The molecule has 3 atom stereocenters. The second-order valence-corrected chi connectivity index (χ2v) is 14.9. The smallest absolute Gasteiger partial charge is 0.211 e.